The molecule has 0 unspecified atom stereocenters. The van der Waals surface area contributed by atoms with Gasteiger partial charge >= 0.3 is 17.9 Å². The van der Waals surface area contributed by atoms with E-state index in [9.17, 15) is 24.5 Å². The Morgan fingerprint density at radius 3 is 2.06 bits per heavy atom. The van der Waals surface area contributed by atoms with Crippen LogP contribution in [0.25, 0.3) is 0 Å². The average molecular weight is 456 g/mol. The van der Waals surface area contributed by atoms with Crippen LogP contribution >= 0.6 is 0 Å². The fourth-order valence-electron chi connectivity index (χ4n) is 4.45. The van der Waals surface area contributed by atoms with E-state index in [0.717, 1.165) is 5.56 Å². The van der Waals surface area contributed by atoms with Crippen LogP contribution in [0.1, 0.15) is 17.2 Å². The molecule has 3 rings (SSSR count). The maximum Gasteiger partial charge on any atom is 0.327 e. The zero-order valence-corrected chi connectivity index (χ0v) is 18.3. The maximum absolute atomic E-state index is 13.2. The minimum atomic E-state index is -1.66. The number of nitro benzene ring substituents is 1. The number of nitrogens with one attached hydrogen (secondary N) is 1. The van der Waals surface area contributed by atoms with Crippen LogP contribution in [-0.2, 0) is 35.0 Å². The van der Waals surface area contributed by atoms with E-state index >= 15 is 0 Å². The van der Waals surface area contributed by atoms with Gasteiger partial charge in [-0.3, -0.25) is 29.8 Å². The molecule has 10 nitrogen and oxygen atoms in total. The smallest absolute Gasteiger partial charge is 0.327 e. The molecule has 174 valence electrons. The molecule has 0 aromatic heterocycles. The number of esters is 3. The topological polar surface area (TPSA) is 134 Å². The molecule has 2 aromatic carbocycles. The van der Waals surface area contributed by atoms with Crippen LogP contribution < -0.4 is 5.32 Å². The third-order valence-electron chi connectivity index (χ3n) is 5.93. The molecule has 0 radical (unpaired) electrons. The van der Waals surface area contributed by atoms with E-state index in [1.807, 2.05) is 6.07 Å². The lowest BCUT2D eigenvalue weighted by Gasteiger charge is -2.32. The normalized spacial score (nSPS) is 24.0. The molecule has 0 amide bonds. The first-order valence-corrected chi connectivity index (χ1v) is 10.1. The fourth-order valence-corrected chi connectivity index (χ4v) is 4.45. The lowest BCUT2D eigenvalue weighted by atomic mass is 9.74. The molecular weight excluding hydrogens is 432 g/mol. The van der Waals surface area contributed by atoms with Crippen LogP contribution in [0.2, 0.25) is 0 Å². The molecule has 1 heterocycles. The first-order chi connectivity index (χ1) is 15.8. The highest BCUT2D eigenvalue weighted by Gasteiger charge is 2.64. The van der Waals surface area contributed by atoms with Gasteiger partial charge in [-0.05, 0) is 11.1 Å². The summed E-state index contributed by atoms with van der Waals surface area (Å²) in [5, 5.41) is 14.2. The summed E-state index contributed by atoms with van der Waals surface area (Å²) in [7, 11) is 3.54. The first kappa shape index (κ1) is 23.9. The van der Waals surface area contributed by atoms with Crippen LogP contribution in [0, 0.1) is 22.0 Å². The van der Waals surface area contributed by atoms with Gasteiger partial charge < -0.3 is 14.2 Å². The Bertz CT molecular complexity index is 1040. The Morgan fingerprint density at radius 2 is 1.55 bits per heavy atom. The van der Waals surface area contributed by atoms with Gasteiger partial charge in [-0.25, -0.2) is 0 Å². The highest BCUT2D eigenvalue weighted by Crippen LogP contribution is 2.46. The largest absolute Gasteiger partial charge is 0.469 e. The summed E-state index contributed by atoms with van der Waals surface area (Å²) in [4.78, 5) is 49.7. The summed E-state index contributed by atoms with van der Waals surface area (Å²) in [5.41, 5.74) is -0.616. The minimum Gasteiger partial charge on any atom is -0.469 e. The second-order valence-corrected chi connectivity index (χ2v) is 7.65. The molecule has 1 N–H and O–H groups in total. The van der Waals surface area contributed by atoms with Crippen molar-refractivity contribution in [2.24, 2.45) is 11.8 Å². The zero-order chi connectivity index (χ0) is 24.2. The third-order valence-corrected chi connectivity index (χ3v) is 5.93. The van der Waals surface area contributed by atoms with Gasteiger partial charge in [0.2, 0.25) is 0 Å². The van der Waals surface area contributed by atoms with Gasteiger partial charge in [-0.1, -0.05) is 42.5 Å². The van der Waals surface area contributed by atoms with Crippen molar-refractivity contribution in [3.05, 3.63) is 75.8 Å². The average Bonchev–Trinajstić information content (AvgIpc) is 3.19. The summed E-state index contributed by atoms with van der Waals surface area (Å²) in [6.45, 7) is 0. The molecule has 1 fully saturated rings. The van der Waals surface area contributed by atoms with Crippen LogP contribution in [0.5, 0.6) is 0 Å². The predicted molar refractivity (Wildman–Crippen MR) is 115 cm³/mol. The molecule has 0 bridgehead atoms. The number of non-ortho nitro benzene ring substituents is 1. The molecule has 0 saturated carbocycles. The summed E-state index contributed by atoms with van der Waals surface area (Å²) in [5.74, 6) is -4.72. The van der Waals surface area contributed by atoms with Crippen molar-refractivity contribution in [1.29, 1.82) is 0 Å². The molecule has 1 aliphatic rings. The van der Waals surface area contributed by atoms with E-state index in [4.69, 9.17) is 14.2 Å². The number of carbonyl (C=O) groups excluding carboxylic acids is 3. The first-order valence-electron chi connectivity index (χ1n) is 10.1. The van der Waals surface area contributed by atoms with Gasteiger partial charge in [0.25, 0.3) is 5.69 Å². The maximum atomic E-state index is 13.2. The highest BCUT2D eigenvalue weighted by atomic mass is 16.6. The number of carbonyl (C=O) groups is 3. The summed E-state index contributed by atoms with van der Waals surface area (Å²) >= 11 is 0. The van der Waals surface area contributed by atoms with Gasteiger partial charge in [0.1, 0.15) is 11.5 Å². The lowest BCUT2D eigenvalue weighted by Crippen LogP contribution is -2.57. The SMILES string of the molecule is COC(=O)[C@H]1[C@@H](c2ccc([N+](=O)[O-])cc2)N[C@@](Cc2ccccc2)(C(=O)OC)[C@H]1C(=O)OC. The molecule has 33 heavy (non-hydrogen) atoms. The van der Waals surface area contributed by atoms with E-state index in [-0.39, 0.29) is 12.1 Å². The van der Waals surface area contributed by atoms with Crippen molar-refractivity contribution in [2.45, 2.75) is 18.0 Å². The number of benzene rings is 2. The number of rotatable bonds is 7. The van der Waals surface area contributed by atoms with Gasteiger partial charge in [-0.15, -0.1) is 0 Å². The van der Waals surface area contributed by atoms with Gasteiger partial charge in [0, 0.05) is 24.6 Å². The monoisotopic (exact) mass is 456 g/mol. The predicted octanol–water partition coefficient (Wildman–Crippen LogP) is 1.97. The molecule has 0 spiro atoms. The van der Waals surface area contributed by atoms with E-state index in [1.54, 1.807) is 24.3 Å². The van der Waals surface area contributed by atoms with E-state index < -0.39 is 46.2 Å². The second kappa shape index (κ2) is 9.78. The number of methoxy groups -OCH3 is 3. The summed E-state index contributed by atoms with van der Waals surface area (Å²) in [6, 6.07) is 13.6. The summed E-state index contributed by atoms with van der Waals surface area (Å²) < 4.78 is 15.1. The number of ether oxygens (including phenoxy) is 3. The fraction of sp³-hybridized carbons (Fsp3) is 0.348. The standard InChI is InChI=1S/C23H24N2O8/c1-31-20(26)17-18(21(27)32-2)23(22(28)33-3,13-14-7-5-4-6-8-14)24-19(17)15-9-11-16(12-10-15)25(29)30/h4-12,17-19,24H,13H2,1-3H3/t17-,18-,19-,23-/m1/s1. The van der Waals surface area contributed by atoms with Gasteiger partial charge in [-0.2, -0.15) is 0 Å². The van der Waals surface area contributed by atoms with Gasteiger partial charge in [0.15, 0.2) is 0 Å². The number of hydrogen-bond donors (Lipinski definition) is 1. The number of nitro groups is 1. The number of nitrogens with zero attached hydrogens (tertiary/aromatic N) is 1. The van der Waals surface area contributed by atoms with Crippen LogP contribution in [0.3, 0.4) is 0 Å². The van der Waals surface area contributed by atoms with E-state index in [1.165, 1.54) is 45.6 Å². The Morgan fingerprint density at radius 1 is 0.939 bits per heavy atom. The second-order valence-electron chi connectivity index (χ2n) is 7.65. The van der Waals surface area contributed by atoms with Crippen molar-refractivity contribution in [2.75, 3.05) is 21.3 Å². The highest BCUT2D eigenvalue weighted by molar-refractivity contribution is 5.94. The lowest BCUT2D eigenvalue weighted by molar-refractivity contribution is -0.384. The van der Waals surface area contributed by atoms with Crippen LogP contribution in [0.4, 0.5) is 5.69 Å². The van der Waals surface area contributed by atoms with E-state index in [2.05, 4.69) is 5.32 Å². The van der Waals surface area contributed by atoms with Crippen LogP contribution in [0.15, 0.2) is 54.6 Å². The minimum absolute atomic E-state index is 0.0251. The third kappa shape index (κ3) is 4.42. The molecule has 0 aliphatic carbocycles. The van der Waals surface area contributed by atoms with Crippen molar-refractivity contribution in [1.82, 2.24) is 5.32 Å². The van der Waals surface area contributed by atoms with Crippen molar-refractivity contribution in [3.8, 4) is 0 Å². The van der Waals surface area contributed by atoms with Crippen molar-refractivity contribution >= 4 is 23.6 Å². The van der Waals surface area contributed by atoms with E-state index in [0.29, 0.717) is 5.56 Å². The molecule has 10 heteroatoms. The molecule has 1 aliphatic heterocycles. The Labute approximate surface area is 190 Å². The Hall–Kier alpha value is -3.79. The van der Waals surface area contributed by atoms with Crippen LogP contribution in [-0.4, -0.2) is 49.7 Å². The number of hydrogen-bond acceptors (Lipinski definition) is 9. The van der Waals surface area contributed by atoms with Gasteiger partial charge in [0.05, 0.1) is 32.2 Å². The molecule has 1 saturated heterocycles. The quantitative estimate of drug-likeness (QED) is 0.287. The Balaban J connectivity index is 2.19. The molecule has 2 aromatic rings. The zero-order valence-electron chi connectivity index (χ0n) is 18.3. The molecule has 4 atom stereocenters. The Kier molecular flexibility index (Phi) is 7.07. The molecular formula is C23H24N2O8. The van der Waals surface area contributed by atoms with Crippen molar-refractivity contribution < 1.29 is 33.5 Å². The van der Waals surface area contributed by atoms with Crippen molar-refractivity contribution in [3.63, 3.8) is 0 Å². The summed E-state index contributed by atoms with van der Waals surface area (Å²) in [6.07, 6.45) is 0.0251.